The fraction of sp³-hybridized carbons (Fsp3) is 0.435. The summed E-state index contributed by atoms with van der Waals surface area (Å²) >= 11 is 0. The van der Waals surface area contributed by atoms with Crippen molar-refractivity contribution >= 4 is 17.7 Å². The van der Waals surface area contributed by atoms with Crippen LogP contribution in [0.4, 0.5) is 4.39 Å². The Balaban J connectivity index is 1.70. The number of nitrogens with one attached hydrogen (secondary N) is 2. The summed E-state index contributed by atoms with van der Waals surface area (Å²) < 4.78 is 14.4. The van der Waals surface area contributed by atoms with Crippen LogP contribution in [0.1, 0.15) is 47.6 Å². The zero-order chi connectivity index (χ0) is 24.6. The van der Waals surface area contributed by atoms with Gasteiger partial charge in [0, 0.05) is 27.2 Å². The first kappa shape index (κ1) is 23.4. The summed E-state index contributed by atoms with van der Waals surface area (Å²) in [6.07, 6.45) is 2.31. The molecule has 34 heavy (non-hydrogen) atoms. The third-order valence-corrected chi connectivity index (χ3v) is 6.49. The van der Waals surface area contributed by atoms with Gasteiger partial charge in [-0.15, -0.1) is 0 Å². The molecule has 11 heteroatoms. The van der Waals surface area contributed by atoms with E-state index >= 15 is 0 Å². The molecule has 2 heterocycles. The first-order chi connectivity index (χ1) is 16.1. The molecule has 0 spiro atoms. The summed E-state index contributed by atoms with van der Waals surface area (Å²) in [4.78, 5) is 56.3. The van der Waals surface area contributed by atoms with Crippen molar-refractivity contribution in [2.45, 2.75) is 44.3 Å². The van der Waals surface area contributed by atoms with E-state index in [0.717, 1.165) is 11.3 Å². The van der Waals surface area contributed by atoms with Crippen LogP contribution in [0.5, 0.6) is 5.75 Å². The number of aromatic nitrogens is 2. The number of amides is 3. The molecule has 1 aliphatic carbocycles. The van der Waals surface area contributed by atoms with Gasteiger partial charge in [-0.3, -0.25) is 23.7 Å². The Bertz CT molecular complexity index is 1210. The molecule has 1 aromatic heterocycles. The van der Waals surface area contributed by atoms with Crippen molar-refractivity contribution in [2.75, 3.05) is 14.1 Å². The van der Waals surface area contributed by atoms with Gasteiger partial charge >= 0.3 is 11.8 Å². The molecule has 2 atom stereocenters. The van der Waals surface area contributed by atoms with E-state index in [1.807, 2.05) is 0 Å². The molecule has 2 aliphatic rings. The molecule has 180 valence electrons. The summed E-state index contributed by atoms with van der Waals surface area (Å²) in [6.45, 7) is 0.302. The van der Waals surface area contributed by atoms with Crippen molar-refractivity contribution in [3.05, 3.63) is 57.5 Å². The number of benzene rings is 1. The number of rotatable bonds is 4. The van der Waals surface area contributed by atoms with Gasteiger partial charge in [-0.25, -0.2) is 9.37 Å². The molecular weight excluding hydrogens is 445 g/mol. The summed E-state index contributed by atoms with van der Waals surface area (Å²) in [6, 6.07) is 5.51. The highest BCUT2D eigenvalue weighted by Crippen LogP contribution is 2.45. The highest BCUT2D eigenvalue weighted by atomic mass is 19.1. The van der Waals surface area contributed by atoms with Gasteiger partial charge in [0.05, 0.1) is 5.54 Å². The summed E-state index contributed by atoms with van der Waals surface area (Å²) in [7, 11) is 2.92. The zero-order valence-electron chi connectivity index (χ0n) is 18.9. The van der Waals surface area contributed by atoms with Crippen LogP contribution in [0, 0.1) is 11.7 Å². The fourth-order valence-corrected chi connectivity index (χ4v) is 4.70. The first-order valence-electron chi connectivity index (χ1n) is 11.0. The molecule has 2 aromatic rings. The average molecular weight is 471 g/mol. The largest absolute Gasteiger partial charge is 0.501 e. The second kappa shape index (κ2) is 8.88. The highest BCUT2D eigenvalue weighted by molar-refractivity contribution is 6.35. The number of carbonyl (C=O) groups is 3. The SMILES string of the molecule is CN(C)C(=O)C(=O)NC12CCC(CCn3c1nc(C(=O)NCc1ccc(F)cc1)c(O)c3=O)C2. The first-order valence-corrected chi connectivity index (χ1v) is 11.0. The Morgan fingerprint density at radius 1 is 1.24 bits per heavy atom. The minimum Gasteiger partial charge on any atom is -0.501 e. The molecule has 0 radical (unpaired) electrons. The molecule has 2 unspecified atom stereocenters. The van der Waals surface area contributed by atoms with Crippen LogP contribution in [0.15, 0.2) is 29.1 Å². The van der Waals surface area contributed by atoms with Gasteiger partial charge in [-0.1, -0.05) is 12.1 Å². The van der Waals surface area contributed by atoms with Crippen LogP contribution in [0.3, 0.4) is 0 Å². The van der Waals surface area contributed by atoms with E-state index < -0.39 is 46.1 Å². The van der Waals surface area contributed by atoms with Crippen LogP contribution in [0.2, 0.25) is 0 Å². The lowest BCUT2D eigenvalue weighted by Gasteiger charge is -2.31. The van der Waals surface area contributed by atoms with Crippen molar-refractivity contribution in [3.8, 4) is 5.75 Å². The number of fused-ring (bicyclic) bond motifs is 4. The van der Waals surface area contributed by atoms with Gasteiger partial charge in [0.25, 0.3) is 11.5 Å². The van der Waals surface area contributed by atoms with Gasteiger partial charge in [0.2, 0.25) is 5.75 Å². The fourth-order valence-electron chi connectivity index (χ4n) is 4.70. The number of aromatic hydroxyl groups is 1. The zero-order valence-corrected chi connectivity index (χ0v) is 18.9. The summed E-state index contributed by atoms with van der Waals surface area (Å²) in [5.74, 6) is -3.22. The second-order valence-corrected chi connectivity index (χ2v) is 9.03. The maximum Gasteiger partial charge on any atom is 0.311 e. The predicted molar refractivity (Wildman–Crippen MR) is 118 cm³/mol. The Hall–Kier alpha value is -3.76. The molecule has 1 aliphatic heterocycles. The van der Waals surface area contributed by atoms with Crippen molar-refractivity contribution in [2.24, 2.45) is 5.92 Å². The maximum atomic E-state index is 13.1. The summed E-state index contributed by atoms with van der Waals surface area (Å²) in [5, 5.41) is 15.8. The average Bonchev–Trinajstić information content (AvgIpc) is 3.14. The Morgan fingerprint density at radius 3 is 2.62 bits per heavy atom. The highest BCUT2D eigenvalue weighted by Gasteiger charge is 2.48. The molecule has 1 fully saturated rings. The van der Waals surface area contributed by atoms with Crippen LogP contribution in [-0.2, 0) is 28.2 Å². The number of likely N-dealkylation sites (N-methyl/N-ethyl adjacent to an activating group) is 1. The predicted octanol–water partition coefficient (Wildman–Crippen LogP) is 0.621. The van der Waals surface area contributed by atoms with Gasteiger partial charge < -0.3 is 20.6 Å². The lowest BCUT2D eigenvalue weighted by atomic mass is 9.94. The maximum absolute atomic E-state index is 13.1. The molecule has 10 nitrogen and oxygen atoms in total. The quantitative estimate of drug-likeness (QED) is 0.560. The number of nitrogens with zero attached hydrogens (tertiary/aromatic N) is 3. The molecular formula is C23H26FN5O5. The van der Waals surface area contributed by atoms with Crippen molar-refractivity contribution in [1.29, 1.82) is 0 Å². The Morgan fingerprint density at radius 2 is 1.94 bits per heavy atom. The van der Waals surface area contributed by atoms with E-state index in [-0.39, 0.29) is 24.8 Å². The smallest absolute Gasteiger partial charge is 0.311 e. The van der Waals surface area contributed by atoms with E-state index in [1.165, 1.54) is 42.9 Å². The van der Waals surface area contributed by atoms with E-state index in [2.05, 4.69) is 15.6 Å². The monoisotopic (exact) mass is 471 g/mol. The molecule has 3 N–H and O–H groups in total. The van der Waals surface area contributed by atoms with Crippen molar-refractivity contribution in [1.82, 2.24) is 25.1 Å². The summed E-state index contributed by atoms with van der Waals surface area (Å²) in [5.41, 5.74) is -1.73. The van der Waals surface area contributed by atoms with Crippen molar-refractivity contribution < 1.29 is 23.9 Å². The van der Waals surface area contributed by atoms with E-state index in [9.17, 15) is 28.7 Å². The lowest BCUT2D eigenvalue weighted by molar-refractivity contribution is -0.145. The standard InChI is InChI=1S/C23H26FN5O5/c1-28(2)21(34)19(32)27-23-9-7-13(11-23)8-10-29-20(33)17(30)16(26-22(23)29)18(31)25-12-14-3-5-15(24)6-4-14/h3-6,13,30H,7-12H2,1-2H3,(H,25,31)(H,27,32). The molecule has 0 saturated heterocycles. The van der Waals surface area contributed by atoms with Gasteiger partial charge in [-0.2, -0.15) is 0 Å². The molecule has 1 aromatic carbocycles. The van der Waals surface area contributed by atoms with Crippen LogP contribution >= 0.6 is 0 Å². The number of hydrogen-bond donors (Lipinski definition) is 3. The van der Waals surface area contributed by atoms with Crippen molar-refractivity contribution in [3.63, 3.8) is 0 Å². The number of carbonyl (C=O) groups excluding carboxylic acids is 3. The minimum absolute atomic E-state index is 0.0277. The van der Waals surface area contributed by atoms with E-state index in [1.54, 1.807) is 0 Å². The van der Waals surface area contributed by atoms with E-state index in [4.69, 9.17) is 0 Å². The Labute approximate surface area is 194 Å². The Kier molecular flexibility index (Phi) is 6.11. The van der Waals surface area contributed by atoms with Crippen LogP contribution in [-0.4, -0.2) is 51.4 Å². The normalized spacial score (nSPS) is 20.7. The topological polar surface area (TPSA) is 134 Å². The minimum atomic E-state index is -1.11. The molecule has 2 bridgehead atoms. The van der Waals surface area contributed by atoms with Gasteiger partial charge in [0.15, 0.2) is 5.69 Å². The number of hydrogen-bond acceptors (Lipinski definition) is 6. The molecule has 3 amide bonds. The van der Waals surface area contributed by atoms with Gasteiger partial charge in [-0.05, 0) is 49.3 Å². The van der Waals surface area contributed by atoms with E-state index in [0.29, 0.717) is 24.8 Å². The molecule has 4 rings (SSSR count). The lowest BCUT2D eigenvalue weighted by Crippen LogP contribution is -2.52. The molecule has 1 saturated carbocycles. The number of halogens is 1. The van der Waals surface area contributed by atoms with Crippen LogP contribution < -0.4 is 16.2 Å². The van der Waals surface area contributed by atoms with Gasteiger partial charge in [0.1, 0.15) is 11.6 Å². The van der Waals surface area contributed by atoms with Crippen LogP contribution in [0.25, 0.3) is 0 Å². The third-order valence-electron chi connectivity index (χ3n) is 6.49. The second-order valence-electron chi connectivity index (χ2n) is 9.03. The third kappa shape index (κ3) is 4.25.